The first-order chi connectivity index (χ1) is 10.1. The highest BCUT2D eigenvalue weighted by atomic mass is 16.5. The number of carboxylic acid groups (broad SMARTS) is 1. The summed E-state index contributed by atoms with van der Waals surface area (Å²) in [6, 6.07) is 14.9. The Bertz CT molecular complexity index is 785. The molecule has 104 valence electrons. The number of para-hydroxylation sites is 1. The minimum atomic E-state index is -1.02. The zero-order chi connectivity index (χ0) is 14.8. The number of H-pyrrole nitrogens is 1. The molecule has 3 rings (SSSR count). The second-order valence-electron chi connectivity index (χ2n) is 4.49. The molecule has 0 amide bonds. The van der Waals surface area contributed by atoms with E-state index >= 15 is 0 Å². The zero-order valence-corrected chi connectivity index (χ0v) is 10.9. The third-order valence-corrected chi connectivity index (χ3v) is 3.06. The Labute approximate surface area is 119 Å². The number of hydrogen-bond donors (Lipinski definition) is 2. The fourth-order valence-electron chi connectivity index (χ4n) is 2.01. The van der Waals surface area contributed by atoms with Crippen LogP contribution in [0.3, 0.4) is 0 Å². The average molecular weight is 281 g/mol. The number of ether oxygens (including phenoxy) is 1. The van der Waals surface area contributed by atoms with Crippen molar-refractivity contribution in [3.8, 4) is 5.75 Å². The van der Waals surface area contributed by atoms with Gasteiger partial charge in [-0.25, -0.2) is 9.59 Å². The Morgan fingerprint density at radius 1 is 1.00 bits per heavy atom. The van der Waals surface area contributed by atoms with Crippen LogP contribution in [0.15, 0.2) is 54.6 Å². The summed E-state index contributed by atoms with van der Waals surface area (Å²) in [4.78, 5) is 25.8. The van der Waals surface area contributed by atoms with E-state index in [1.807, 2.05) is 24.3 Å². The maximum Gasteiger partial charge on any atom is 0.360 e. The van der Waals surface area contributed by atoms with Gasteiger partial charge in [0.05, 0.1) is 5.56 Å². The summed E-state index contributed by atoms with van der Waals surface area (Å²) in [5.41, 5.74) is 1.34. The molecule has 1 aromatic heterocycles. The molecule has 0 aliphatic rings. The molecule has 0 radical (unpaired) electrons. The molecule has 5 nitrogen and oxygen atoms in total. The molecular weight excluding hydrogens is 270 g/mol. The van der Waals surface area contributed by atoms with E-state index < -0.39 is 11.9 Å². The lowest BCUT2D eigenvalue weighted by Crippen LogP contribution is -2.09. The van der Waals surface area contributed by atoms with Crippen LogP contribution in [-0.2, 0) is 0 Å². The lowest BCUT2D eigenvalue weighted by Gasteiger charge is -2.02. The first-order valence-electron chi connectivity index (χ1n) is 6.27. The van der Waals surface area contributed by atoms with Crippen LogP contribution in [0.5, 0.6) is 5.75 Å². The molecular formula is C16H11NO4. The van der Waals surface area contributed by atoms with Crippen LogP contribution >= 0.6 is 0 Å². The van der Waals surface area contributed by atoms with Gasteiger partial charge in [-0.2, -0.15) is 0 Å². The third-order valence-electron chi connectivity index (χ3n) is 3.06. The number of carbonyl (C=O) groups is 2. The van der Waals surface area contributed by atoms with Crippen LogP contribution in [-0.4, -0.2) is 22.0 Å². The highest BCUT2D eigenvalue weighted by Crippen LogP contribution is 2.18. The van der Waals surface area contributed by atoms with Crippen molar-refractivity contribution in [2.75, 3.05) is 0 Å². The standard InChI is InChI=1S/C16H11NO4/c18-15(19)10-5-7-12(8-6-10)21-16(20)14-9-11-3-1-2-4-13(11)17-14/h1-9,17H,(H,18,19). The number of carboxylic acids is 1. The number of fused-ring (bicyclic) bond motifs is 1. The minimum Gasteiger partial charge on any atom is -0.478 e. The number of rotatable bonds is 3. The number of carbonyl (C=O) groups excluding carboxylic acids is 1. The number of aromatic nitrogens is 1. The van der Waals surface area contributed by atoms with Crippen LogP contribution in [0.1, 0.15) is 20.8 Å². The summed E-state index contributed by atoms with van der Waals surface area (Å²) < 4.78 is 5.20. The smallest absolute Gasteiger partial charge is 0.360 e. The quantitative estimate of drug-likeness (QED) is 0.571. The number of nitrogens with one attached hydrogen (secondary N) is 1. The molecule has 3 aromatic rings. The minimum absolute atomic E-state index is 0.139. The van der Waals surface area contributed by atoms with Gasteiger partial charge >= 0.3 is 11.9 Å². The number of aromatic amines is 1. The van der Waals surface area contributed by atoms with Crippen molar-refractivity contribution in [2.24, 2.45) is 0 Å². The number of aromatic carboxylic acids is 1. The zero-order valence-electron chi connectivity index (χ0n) is 10.9. The van der Waals surface area contributed by atoms with Crippen LogP contribution in [0.4, 0.5) is 0 Å². The molecule has 5 heteroatoms. The summed E-state index contributed by atoms with van der Waals surface area (Å²) >= 11 is 0. The highest BCUT2D eigenvalue weighted by molar-refractivity contribution is 5.96. The van der Waals surface area contributed by atoms with E-state index in [-0.39, 0.29) is 5.56 Å². The molecule has 1 heterocycles. The Kier molecular flexibility index (Phi) is 3.16. The van der Waals surface area contributed by atoms with Gasteiger partial charge < -0.3 is 14.8 Å². The summed E-state index contributed by atoms with van der Waals surface area (Å²) in [5.74, 6) is -1.25. The van der Waals surface area contributed by atoms with Gasteiger partial charge in [0.25, 0.3) is 0 Å². The van der Waals surface area contributed by atoms with Gasteiger partial charge in [0.15, 0.2) is 0 Å². The predicted molar refractivity (Wildman–Crippen MR) is 76.7 cm³/mol. The summed E-state index contributed by atoms with van der Waals surface area (Å²) in [7, 11) is 0. The Balaban J connectivity index is 1.80. The van der Waals surface area contributed by atoms with E-state index in [0.29, 0.717) is 11.4 Å². The molecule has 0 unspecified atom stereocenters. The van der Waals surface area contributed by atoms with Crippen LogP contribution in [0.25, 0.3) is 10.9 Å². The SMILES string of the molecule is O=C(O)c1ccc(OC(=O)c2cc3ccccc3[nH]2)cc1. The van der Waals surface area contributed by atoms with E-state index in [4.69, 9.17) is 9.84 Å². The molecule has 0 aliphatic carbocycles. The van der Waals surface area contributed by atoms with E-state index in [1.54, 1.807) is 6.07 Å². The van der Waals surface area contributed by atoms with Gasteiger partial charge in [-0.3, -0.25) is 0 Å². The van der Waals surface area contributed by atoms with Gasteiger partial charge in [0.1, 0.15) is 11.4 Å². The van der Waals surface area contributed by atoms with Gasteiger partial charge in [-0.15, -0.1) is 0 Å². The van der Waals surface area contributed by atoms with Gasteiger partial charge in [0, 0.05) is 10.9 Å². The maximum absolute atomic E-state index is 12.0. The fraction of sp³-hybridized carbons (Fsp3) is 0. The topological polar surface area (TPSA) is 79.4 Å². The van der Waals surface area contributed by atoms with Gasteiger partial charge in [0.2, 0.25) is 0 Å². The van der Waals surface area contributed by atoms with Gasteiger partial charge in [-0.05, 0) is 36.4 Å². The number of esters is 1. The Morgan fingerprint density at radius 3 is 2.38 bits per heavy atom. The lowest BCUT2D eigenvalue weighted by molar-refractivity contribution is 0.0696. The second-order valence-corrected chi connectivity index (χ2v) is 4.49. The maximum atomic E-state index is 12.0. The Morgan fingerprint density at radius 2 is 1.71 bits per heavy atom. The molecule has 0 saturated heterocycles. The normalized spacial score (nSPS) is 10.5. The van der Waals surface area contributed by atoms with Crippen molar-refractivity contribution in [1.82, 2.24) is 4.98 Å². The van der Waals surface area contributed by atoms with E-state index in [2.05, 4.69) is 4.98 Å². The lowest BCUT2D eigenvalue weighted by atomic mass is 10.2. The largest absolute Gasteiger partial charge is 0.478 e. The van der Waals surface area contributed by atoms with Crippen LogP contribution in [0.2, 0.25) is 0 Å². The molecule has 21 heavy (non-hydrogen) atoms. The molecule has 0 aliphatic heterocycles. The van der Waals surface area contributed by atoms with E-state index in [0.717, 1.165) is 10.9 Å². The van der Waals surface area contributed by atoms with Crippen LogP contribution in [0, 0.1) is 0 Å². The van der Waals surface area contributed by atoms with Crippen molar-refractivity contribution in [2.45, 2.75) is 0 Å². The highest BCUT2D eigenvalue weighted by Gasteiger charge is 2.12. The Hall–Kier alpha value is -3.08. The number of hydrogen-bond acceptors (Lipinski definition) is 3. The summed E-state index contributed by atoms with van der Waals surface area (Å²) in [6.07, 6.45) is 0. The fourth-order valence-corrected chi connectivity index (χ4v) is 2.01. The van der Waals surface area contributed by atoms with Crippen molar-refractivity contribution in [3.05, 3.63) is 65.9 Å². The molecule has 0 fully saturated rings. The van der Waals surface area contributed by atoms with Crippen molar-refractivity contribution in [1.29, 1.82) is 0 Å². The van der Waals surface area contributed by atoms with Gasteiger partial charge in [-0.1, -0.05) is 18.2 Å². The molecule has 0 saturated carbocycles. The molecule has 0 atom stereocenters. The summed E-state index contributed by atoms with van der Waals surface area (Å²) in [6.45, 7) is 0. The van der Waals surface area contributed by atoms with E-state index in [1.165, 1.54) is 24.3 Å². The first kappa shape index (κ1) is 12.9. The summed E-state index contributed by atoms with van der Waals surface area (Å²) in [5, 5.41) is 9.73. The molecule has 2 aromatic carbocycles. The average Bonchev–Trinajstić information content (AvgIpc) is 2.92. The molecule has 2 N–H and O–H groups in total. The van der Waals surface area contributed by atoms with Crippen molar-refractivity contribution < 1.29 is 19.4 Å². The van der Waals surface area contributed by atoms with E-state index in [9.17, 15) is 9.59 Å². The second kappa shape index (κ2) is 5.13. The molecule has 0 spiro atoms. The first-order valence-corrected chi connectivity index (χ1v) is 6.27. The number of benzene rings is 2. The monoisotopic (exact) mass is 281 g/mol. The third kappa shape index (κ3) is 2.62. The van der Waals surface area contributed by atoms with Crippen LogP contribution < -0.4 is 4.74 Å². The molecule has 0 bridgehead atoms. The predicted octanol–water partition coefficient (Wildman–Crippen LogP) is 3.09. The van der Waals surface area contributed by atoms with Crippen molar-refractivity contribution in [3.63, 3.8) is 0 Å². The van der Waals surface area contributed by atoms with Crippen molar-refractivity contribution >= 4 is 22.8 Å².